The lowest BCUT2D eigenvalue weighted by Gasteiger charge is -2.29. The first-order chi connectivity index (χ1) is 14.0. The van der Waals surface area contributed by atoms with Crippen molar-refractivity contribution in [2.75, 3.05) is 13.1 Å². The predicted molar refractivity (Wildman–Crippen MR) is 107 cm³/mol. The molecule has 0 aromatic heterocycles. The molecule has 0 spiro atoms. The molecule has 2 rings (SSSR count). The van der Waals surface area contributed by atoms with Crippen molar-refractivity contribution in [2.24, 2.45) is 5.92 Å². The summed E-state index contributed by atoms with van der Waals surface area (Å²) in [4.78, 5) is 38.6. The summed E-state index contributed by atoms with van der Waals surface area (Å²) in [7, 11) is 0. The minimum absolute atomic E-state index is 0.197. The van der Waals surface area contributed by atoms with Crippen LogP contribution in [-0.4, -0.2) is 53.1 Å². The Kier molecular flexibility index (Phi) is 9.57. The van der Waals surface area contributed by atoms with E-state index in [0.29, 0.717) is 32.4 Å². The lowest BCUT2D eigenvalue weighted by molar-refractivity contribution is -0.149. The van der Waals surface area contributed by atoms with E-state index in [9.17, 15) is 18.8 Å². The van der Waals surface area contributed by atoms with Crippen molar-refractivity contribution < 1.29 is 24.0 Å². The van der Waals surface area contributed by atoms with Crippen molar-refractivity contribution in [3.05, 3.63) is 11.6 Å². The van der Waals surface area contributed by atoms with Crippen LogP contribution in [0.25, 0.3) is 0 Å². The van der Waals surface area contributed by atoms with E-state index in [0.717, 1.165) is 25.7 Å². The SMILES string of the molecule is CCCC[C@@H](C(=O)N1CCC[C@H]1C(=O)NCCC1=CCCCC1)[C@@H](F)C(=O)NO. The standard InChI is InChI=1S/C21H34FN3O4/c1-2-3-10-16(18(22)20(27)24-29)21(28)25-14-7-11-17(25)19(26)23-13-12-15-8-5-4-6-9-15/h8,16-18,29H,2-7,9-14H2,1H3,(H,23,26)(H,24,27)/t16-,17+,18-/m1/s1. The fraction of sp³-hybridized carbons (Fsp3) is 0.762. The van der Waals surface area contributed by atoms with Gasteiger partial charge in [0.15, 0.2) is 6.17 Å². The van der Waals surface area contributed by atoms with Gasteiger partial charge < -0.3 is 10.2 Å². The number of alkyl halides is 1. The predicted octanol–water partition coefficient (Wildman–Crippen LogP) is 2.63. The number of halogens is 1. The summed E-state index contributed by atoms with van der Waals surface area (Å²) in [6.45, 7) is 2.81. The van der Waals surface area contributed by atoms with Crippen LogP contribution in [-0.2, 0) is 14.4 Å². The van der Waals surface area contributed by atoms with Crippen LogP contribution in [0.2, 0.25) is 0 Å². The lowest BCUT2D eigenvalue weighted by Crippen LogP contribution is -2.51. The Morgan fingerprint density at radius 3 is 2.76 bits per heavy atom. The third kappa shape index (κ3) is 6.52. The van der Waals surface area contributed by atoms with Crippen molar-refractivity contribution in [2.45, 2.75) is 83.3 Å². The zero-order chi connectivity index (χ0) is 21.2. The van der Waals surface area contributed by atoms with Gasteiger partial charge in [0.05, 0.1) is 5.92 Å². The fourth-order valence-electron chi connectivity index (χ4n) is 4.18. The van der Waals surface area contributed by atoms with Crippen LogP contribution < -0.4 is 10.8 Å². The van der Waals surface area contributed by atoms with Gasteiger partial charge in [-0.25, -0.2) is 9.87 Å². The molecule has 3 amide bonds. The molecule has 0 bridgehead atoms. The van der Waals surface area contributed by atoms with Gasteiger partial charge in [-0.2, -0.15) is 0 Å². The van der Waals surface area contributed by atoms with Crippen LogP contribution in [0.4, 0.5) is 4.39 Å². The average molecular weight is 412 g/mol. The van der Waals surface area contributed by atoms with Gasteiger partial charge in [0.1, 0.15) is 6.04 Å². The van der Waals surface area contributed by atoms with E-state index >= 15 is 0 Å². The van der Waals surface area contributed by atoms with Crippen LogP contribution in [0, 0.1) is 5.92 Å². The van der Waals surface area contributed by atoms with Gasteiger partial charge in [0.25, 0.3) is 5.91 Å². The third-order valence-corrected chi connectivity index (χ3v) is 5.87. The van der Waals surface area contributed by atoms with Gasteiger partial charge in [0, 0.05) is 13.1 Å². The summed E-state index contributed by atoms with van der Waals surface area (Å²) in [5.74, 6) is -3.16. The number of nitrogens with zero attached hydrogens (tertiary/aromatic N) is 1. The van der Waals surface area contributed by atoms with Gasteiger partial charge in [-0.1, -0.05) is 31.4 Å². The first-order valence-electron chi connectivity index (χ1n) is 10.8. The topological polar surface area (TPSA) is 98.7 Å². The molecule has 0 unspecified atom stereocenters. The molecule has 2 aliphatic rings. The molecule has 1 fully saturated rings. The number of rotatable bonds is 10. The maximum atomic E-state index is 14.5. The highest BCUT2D eigenvalue weighted by atomic mass is 19.1. The largest absolute Gasteiger partial charge is 0.354 e. The van der Waals surface area contributed by atoms with Crippen molar-refractivity contribution >= 4 is 17.7 Å². The van der Waals surface area contributed by atoms with Crippen LogP contribution in [0.5, 0.6) is 0 Å². The smallest absolute Gasteiger partial charge is 0.278 e. The zero-order valence-electron chi connectivity index (χ0n) is 17.3. The monoisotopic (exact) mass is 411 g/mol. The van der Waals surface area contributed by atoms with Crippen molar-refractivity contribution in [3.8, 4) is 0 Å². The van der Waals surface area contributed by atoms with Crippen LogP contribution in [0.1, 0.15) is 71.1 Å². The van der Waals surface area contributed by atoms with Gasteiger partial charge >= 0.3 is 0 Å². The maximum Gasteiger partial charge on any atom is 0.278 e. The Labute approximate surface area is 172 Å². The number of hydrogen-bond acceptors (Lipinski definition) is 4. The summed E-state index contributed by atoms with van der Waals surface area (Å²) < 4.78 is 14.5. The number of likely N-dealkylation sites (tertiary alicyclic amines) is 1. The number of hydrogen-bond donors (Lipinski definition) is 3. The van der Waals surface area contributed by atoms with E-state index in [4.69, 9.17) is 5.21 Å². The molecule has 164 valence electrons. The summed E-state index contributed by atoms with van der Waals surface area (Å²) in [5.41, 5.74) is 2.66. The summed E-state index contributed by atoms with van der Waals surface area (Å²) in [6.07, 6.45) is 8.22. The molecular formula is C21H34FN3O4. The van der Waals surface area contributed by atoms with Gasteiger partial charge in [-0.05, 0) is 51.4 Å². The molecule has 7 nitrogen and oxygen atoms in total. The van der Waals surface area contributed by atoms with E-state index in [2.05, 4.69) is 11.4 Å². The van der Waals surface area contributed by atoms with Crippen molar-refractivity contribution in [1.82, 2.24) is 15.7 Å². The van der Waals surface area contributed by atoms with Crippen LogP contribution >= 0.6 is 0 Å². The Morgan fingerprint density at radius 2 is 2.10 bits per heavy atom. The first-order valence-corrected chi connectivity index (χ1v) is 10.8. The van der Waals surface area contributed by atoms with Crippen LogP contribution in [0.3, 0.4) is 0 Å². The Bertz CT molecular complexity index is 611. The van der Waals surface area contributed by atoms with E-state index in [1.54, 1.807) is 0 Å². The minimum Gasteiger partial charge on any atom is -0.354 e. The number of carbonyl (C=O) groups is 3. The van der Waals surface area contributed by atoms with E-state index in [1.807, 2.05) is 6.92 Å². The molecule has 0 aromatic carbocycles. The van der Waals surface area contributed by atoms with Crippen molar-refractivity contribution in [3.63, 3.8) is 0 Å². The third-order valence-electron chi connectivity index (χ3n) is 5.87. The molecule has 29 heavy (non-hydrogen) atoms. The molecule has 0 radical (unpaired) electrons. The second-order valence-corrected chi connectivity index (χ2v) is 7.97. The highest BCUT2D eigenvalue weighted by molar-refractivity contribution is 5.92. The van der Waals surface area contributed by atoms with E-state index in [1.165, 1.54) is 28.8 Å². The highest BCUT2D eigenvalue weighted by Crippen LogP contribution is 2.26. The highest BCUT2D eigenvalue weighted by Gasteiger charge is 2.41. The minimum atomic E-state index is -2.14. The molecule has 1 saturated heterocycles. The fourth-order valence-corrected chi connectivity index (χ4v) is 4.18. The average Bonchev–Trinajstić information content (AvgIpc) is 3.23. The van der Waals surface area contributed by atoms with Gasteiger partial charge in [-0.3, -0.25) is 19.6 Å². The van der Waals surface area contributed by atoms with Crippen molar-refractivity contribution in [1.29, 1.82) is 0 Å². The second kappa shape index (κ2) is 11.9. The zero-order valence-corrected chi connectivity index (χ0v) is 17.3. The number of carbonyl (C=O) groups excluding carboxylic acids is 3. The van der Waals surface area contributed by atoms with Crippen LogP contribution in [0.15, 0.2) is 11.6 Å². The van der Waals surface area contributed by atoms with Gasteiger partial charge in [0.2, 0.25) is 11.8 Å². The number of allylic oxidation sites excluding steroid dienone is 1. The lowest BCUT2D eigenvalue weighted by atomic mass is 9.94. The normalized spacial score (nSPS) is 21.3. The number of unbranched alkanes of at least 4 members (excludes halogenated alkanes) is 1. The Balaban J connectivity index is 1.96. The molecule has 3 N–H and O–H groups in total. The molecule has 0 saturated carbocycles. The molecule has 1 aliphatic heterocycles. The van der Waals surface area contributed by atoms with E-state index < -0.39 is 29.9 Å². The molecule has 3 atom stereocenters. The molecule has 1 aliphatic carbocycles. The second-order valence-electron chi connectivity index (χ2n) is 7.97. The summed E-state index contributed by atoms with van der Waals surface area (Å²) in [6, 6.07) is -0.628. The van der Waals surface area contributed by atoms with E-state index in [-0.39, 0.29) is 12.3 Å². The quantitative estimate of drug-likeness (QED) is 0.292. The first kappa shape index (κ1) is 23.3. The molecule has 8 heteroatoms. The molecule has 1 heterocycles. The summed E-state index contributed by atoms with van der Waals surface area (Å²) in [5, 5.41) is 11.7. The van der Waals surface area contributed by atoms with Gasteiger partial charge in [-0.15, -0.1) is 0 Å². The Morgan fingerprint density at radius 1 is 1.31 bits per heavy atom. The number of hydroxylamine groups is 1. The molecular weight excluding hydrogens is 377 g/mol. The number of nitrogens with one attached hydrogen (secondary N) is 2. The maximum absolute atomic E-state index is 14.5. The summed E-state index contributed by atoms with van der Waals surface area (Å²) >= 11 is 0. The molecule has 0 aromatic rings. The Hall–Kier alpha value is -1.96. The number of amides is 3.